The van der Waals surface area contributed by atoms with Crippen LogP contribution in [0.1, 0.15) is 19.8 Å². The van der Waals surface area contributed by atoms with Crippen LogP contribution in [0.5, 0.6) is 0 Å². The van der Waals surface area contributed by atoms with Crippen molar-refractivity contribution in [3.8, 4) is 12.3 Å². The van der Waals surface area contributed by atoms with Crippen LogP contribution in [-0.4, -0.2) is 35.8 Å². The van der Waals surface area contributed by atoms with E-state index in [-0.39, 0.29) is 23.9 Å². The van der Waals surface area contributed by atoms with Gasteiger partial charge >= 0.3 is 0 Å². The highest BCUT2D eigenvalue weighted by Gasteiger charge is 2.31. The summed E-state index contributed by atoms with van der Waals surface area (Å²) in [7, 11) is 1.50. The summed E-state index contributed by atoms with van der Waals surface area (Å²) in [6.45, 7) is 1.81. The van der Waals surface area contributed by atoms with Crippen LogP contribution in [0.4, 0.5) is 0 Å². The molecule has 1 aliphatic heterocycles. The summed E-state index contributed by atoms with van der Waals surface area (Å²) >= 11 is 0. The number of carbonyl (C=O) groups is 2. The average molecular weight is 194 g/mol. The third-order valence-corrected chi connectivity index (χ3v) is 2.35. The second kappa shape index (κ2) is 4.25. The standard InChI is InChI=1S/C10H14N2O2/c1-4-7(2)11-8-5-6-9(13)12(3)10(8)14/h1,7-8,11H,5-6H2,2-3H3. The van der Waals surface area contributed by atoms with Crippen molar-refractivity contribution in [1.82, 2.24) is 10.2 Å². The molecule has 4 nitrogen and oxygen atoms in total. The number of nitrogens with one attached hydrogen (secondary N) is 1. The van der Waals surface area contributed by atoms with Gasteiger partial charge in [-0.2, -0.15) is 0 Å². The molecule has 1 N–H and O–H groups in total. The van der Waals surface area contributed by atoms with E-state index in [1.165, 1.54) is 7.05 Å². The van der Waals surface area contributed by atoms with E-state index >= 15 is 0 Å². The molecule has 2 amide bonds. The van der Waals surface area contributed by atoms with Crippen molar-refractivity contribution in [2.24, 2.45) is 0 Å². The van der Waals surface area contributed by atoms with Crippen molar-refractivity contribution in [2.45, 2.75) is 31.8 Å². The van der Waals surface area contributed by atoms with Gasteiger partial charge in [-0.1, -0.05) is 5.92 Å². The predicted molar refractivity (Wildman–Crippen MR) is 52.2 cm³/mol. The summed E-state index contributed by atoms with van der Waals surface area (Å²) in [4.78, 5) is 23.9. The Morgan fingerprint density at radius 2 is 2.29 bits per heavy atom. The molecule has 1 aliphatic rings. The zero-order chi connectivity index (χ0) is 10.7. The molecule has 0 radical (unpaired) electrons. The summed E-state index contributed by atoms with van der Waals surface area (Å²) in [6, 6.07) is -0.464. The molecule has 0 saturated carbocycles. The summed E-state index contributed by atoms with van der Waals surface area (Å²) in [5.74, 6) is 2.18. The van der Waals surface area contributed by atoms with Gasteiger partial charge in [0.25, 0.3) is 0 Å². The van der Waals surface area contributed by atoms with Gasteiger partial charge < -0.3 is 0 Å². The molecule has 2 atom stereocenters. The largest absolute Gasteiger partial charge is 0.293 e. The monoisotopic (exact) mass is 194 g/mol. The zero-order valence-corrected chi connectivity index (χ0v) is 8.41. The van der Waals surface area contributed by atoms with Gasteiger partial charge in [-0.15, -0.1) is 6.42 Å². The molecule has 1 heterocycles. The lowest BCUT2D eigenvalue weighted by Crippen LogP contribution is -2.53. The fraction of sp³-hybridized carbons (Fsp3) is 0.600. The number of piperidine rings is 1. The molecule has 76 valence electrons. The summed E-state index contributed by atoms with van der Waals surface area (Å²) in [5, 5.41) is 2.99. The molecule has 0 aliphatic carbocycles. The SMILES string of the molecule is C#CC(C)NC1CCC(=O)N(C)C1=O. The normalized spacial score (nSPS) is 24.6. The van der Waals surface area contributed by atoms with Crippen LogP contribution in [-0.2, 0) is 9.59 Å². The van der Waals surface area contributed by atoms with Crippen molar-refractivity contribution in [1.29, 1.82) is 0 Å². The smallest absolute Gasteiger partial charge is 0.246 e. The van der Waals surface area contributed by atoms with Gasteiger partial charge in [-0.05, 0) is 13.3 Å². The Labute approximate surface area is 83.6 Å². The maximum atomic E-state index is 11.6. The molecule has 0 aromatic carbocycles. The molecule has 0 bridgehead atoms. The molecule has 4 heteroatoms. The third kappa shape index (κ3) is 2.12. The number of hydrogen-bond acceptors (Lipinski definition) is 3. The van der Waals surface area contributed by atoms with Crippen LogP contribution in [0.2, 0.25) is 0 Å². The zero-order valence-electron chi connectivity index (χ0n) is 8.41. The van der Waals surface area contributed by atoms with Crippen LogP contribution in [0.25, 0.3) is 0 Å². The highest BCUT2D eigenvalue weighted by atomic mass is 16.2. The molecule has 1 rings (SSSR count). The Balaban J connectivity index is 2.61. The lowest BCUT2D eigenvalue weighted by Gasteiger charge is -2.29. The van der Waals surface area contributed by atoms with Crippen LogP contribution in [0, 0.1) is 12.3 Å². The minimum absolute atomic E-state index is 0.124. The number of carbonyl (C=O) groups excluding carboxylic acids is 2. The quantitative estimate of drug-likeness (QED) is 0.487. The van der Waals surface area contributed by atoms with Crippen LogP contribution in [0.3, 0.4) is 0 Å². The number of likely N-dealkylation sites (tertiary alicyclic amines) is 1. The van der Waals surface area contributed by atoms with E-state index in [1.807, 2.05) is 6.92 Å². The molecular formula is C10H14N2O2. The fourth-order valence-electron chi connectivity index (χ4n) is 1.42. The van der Waals surface area contributed by atoms with Crippen LogP contribution >= 0.6 is 0 Å². The molecule has 0 spiro atoms. The lowest BCUT2D eigenvalue weighted by molar-refractivity contribution is -0.148. The maximum Gasteiger partial charge on any atom is 0.246 e. The van der Waals surface area contributed by atoms with Gasteiger partial charge in [-0.3, -0.25) is 19.8 Å². The molecule has 1 saturated heterocycles. The minimum atomic E-state index is -0.316. The number of likely N-dealkylation sites (N-methyl/N-ethyl adjacent to an activating group) is 1. The Morgan fingerprint density at radius 3 is 2.86 bits per heavy atom. The van der Waals surface area contributed by atoms with E-state index in [2.05, 4.69) is 11.2 Å². The lowest BCUT2D eigenvalue weighted by atomic mass is 10.0. The first-order valence-electron chi connectivity index (χ1n) is 4.59. The van der Waals surface area contributed by atoms with E-state index in [4.69, 9.17) is 6.42 Å². The topological polar surface area (TPSA) is 49.4 Å². The van der Waals surface area contributed by atoms with Gasteiger partial charge in [0, 0.05) is 13.5 Å². The van der Waals surface area contributed by atoms with Crippen LogP contribution in [0.15, 0.2) is 0 Å². The van der Waals surface area contributed by atoms with Gasteiger partial charge in [-0.25, -0.2) is 0 Å². The van der Waals surface area contributed by atoms with E-state index in [0.29, 0.717) is 12.8 Å². The summed E-state index contributed by atoms with van der Waals surface area (Å²) < 4.78 is 0. The first-order valence-corrected chi connectivity index (χ1v) is 4.59. The number of nitrogens with zero attached hydrogens (tertiary/aromatic N) is 1. The van der Waals surface area contributed by atoms with E-state index < -0.39 is 0 Å². The van der Waals surface area contributed by atoms with Crippen molar-refractivity contribution in [2.75, 3.05) is 7.05 Å². The third-order valence-electron chi connectivity index (χ3n) is 2.35. The second-order valence-corrected chi connectivity index (χ2v) is 3.44. The predicted octanol–water partition coefficient (Wildman–Crippen LogP) is -0.255. The summed E-state index contributed by atoms with van der Waals surface area (Å²) in [6.07, 6.45) is 6.13. The Kier molecular flexibility index (Phi) is 3.26. The van der Waals surface area contributed by atoms with Crippen LogP contribution < -0.4 is 5.32 Å². The number of hydrogen-bond donors (Lipinski definition) is 1. The Bertz CT molecular complexity index is 293. The highest BCUT2D eigenvalue weighted by Crippen LogP contribution is 2.11. The Hall–Kier alpha value is -1.34. The molecule has 2 unspecified atom stereocenters. The van der Waals surface area contributed by atoms with E-state index in [0.717, 1.165) is 4.90 Å². The summed E-state index contributed by atoms with van der Waals surface area (Å²) in [5.41, 5.74) is 0. The molecule has 0 aromatic rings. The molecule has 14 heavy (non-hydrogen) atoms. The number of terminal acetylenes is 1. The van der Waals surface area contributed by atoms with Crippen molar-refractivity contribution >= 4 is 11.8 Å². The molecule has 0 aromatic heterocycles. The molecular weight excluding hydrogens is 180 g/mol. The number of imide groups is 1. The maximum absolute atomic E-state index is 11.6. The van der Waals surface area contributed by atoms with Crippen molar-refractivity contribution in [3.05, 3.63) is 0 Å². The van der Waals surface area contributed by atoms with Crippen molar-refractivity contribution in [3.63, 3.8) is 0 Å². The average Bonchev–Trinajstić information content (AvgIpc) is 2.19. The first kappa shape index (κ1) is 10.7. The second-order valence-electron chi connectivity index (χ2n) is 3.44. The van der Waals surface area contributed by atoms with Gasteiger partial charge in [0.05, 0.1) is 12.1 Å². The molecule has 1 fully saturated rings. The van der Waals surface area contributed by atoms with E-state index in [9.17, 15) is 9.59 Å². The van der Waals surface area contributed by atoms with E-state index in [1.54, 1.807) is 0 Å². The first-order chi connectivity index (χ1) is 6.56. The highest BCUT2D eigenvalue weighted by molar-refractivity contribution is 6.00. The Morgan fingerprint density at radius 1 is 1.64 bits per heavy atom. The number of rotatable bonds is 2. The van der Waals surface area contributed by atoms with Gasteiger partial charge in [0.2, 0.25) is 11.8 Å². The number of amides is 2. The van der Waals surface area contributed by atoms with Gasteiger partial charge in [0.1, 0.15) is 0 Å². The van der Waals surface area contributed by atoms with Crippen molar-refractivity contribution < 1.29 is 9.59 Å². The van der Waals surface area contributed by atoms with Gasteiger partial charge in [0.15, 0.2) is 0 Å². The minimum Gasteiger partial charge on any atom is -0.293 e. The fourth-order valence-corrected chi connectivity index (χ4v) is 1.42.